The molecule has 0 bridgehead atoms. The lowest BCUT2D eigenvalue weighted by atomic mass is 9.77. The highest BCUT2D eigenvalue weighted by molar-refractivity contribution is 8.77. The quantitative estimate of drug-likeness (QED) is 0.421. The van der Waals surface area contributed by atoms with E-state index in [4.69, 9.17) is 0 Å². The molecule has 2 heterocycles. The van der Waals surface area contributed by atoms with Crippen LogP contribution in [0.1, 0.15) is 33.1 Å². The SMILES string of the molecule is CC(CSSc1ccccn1)C1CCC(C)C(SSc2ccccn2)C1. The van der Waals surface area contributed by atoms with Crippen molar-refractivity contribution in [2.45, 2.75) is 48.4 Å². The van der Waals surface area contributed by atoms with Crippen LogP contribution in [0, 0.1) is 17.8 Å². The average Bonchev–Trinajstić information content (AvgIpc) is 2.69. The Bertz CT molecular complexity index is 641. The van der Waals surface area contributed by atoms with Gasteiger partial charge >= 0.3 is 0 Å². The minimum atomic E-state index is 0.733. The minimum absolute atomic E-state index is 0.733. The molecule has 0 saturated heterocycles. The molecule has 1 aliphatic rings. The maximum absolute atomic E-state index is 4.44. The molecule has 2 nitrogen and oxygen atoms in total. The van der Waals surface area contributed by atoms with E-state index in [1.165, 1.54) is 25.0 Å². The normalized spacial score (nSPS) is 24.3. The summed E-state index contributed by atoms with van der Waals surface area (Å²) in [4.78, 5) is 8.84. The van der Waals surface area contributed by atoms with Crippen LogP contribution < -0.4 is 0 Å². The molecule has 2 aromatic heterocycles. The Morgan fingerprint density at radius 1 is 1.00 bits per heavy atom. The Hall–Kier alpha value is -0.300. The first-order chi connectivity index (χ1) is 12.7. The van der Waals surface area contributed by atoms with Gasteiger partial charge in [-0.2, -0.15) is 0 Å². The first kappa shape index (κ1) is 20.4. The monoisotopic (exact) mass is 422 g/mol. The smallest absolute Gasteiger partial charge is 0.106 e. The zero-order chi connectivity index (χ0) is 18.2. The Labute approximate surface area is 173 Å². The van der Waals surface area contributed by atoms with Crippen LogP contribution >= 0.6 is 43.2 Å². The van der Waals surface area contributed by atoms with Crippen LogP contribution in [0.4, 0.5) is 0 Å². The minimum Gasteiger partial charge on any atom is -0.249 e. The molecule has 1 saturated carbocycles. The second-order valence-electron chi connectivity index (χ2n) is 6.95. The van der Waals surface area contributed by atoms with Crippen LogP contribution in [0.25, 0.3) is 0 Å². The van der Waals surface area contributed by atoms with Crippen LogP contribution in [0.3, 0.4) is 0 Å². The van der Waals surface area contributed by atoms with Gasteiger partial charge in [0.1, 0.15) is 10.1 Å². The first-order valence-corrected chi connectivity index (χ1v) is 13.7. The predicted molar refractivity (Wildman–Crippen MR) is 120 cm³/mol. The highest BCUT2D eigenvalue weighted by atomic mass is 33.1. The number of aromatic nitrogens is 2. The summed E-state index contributed by atoms with van der Waals surface area (Å²) in [6.07, 6.45) is 7.82. The molecular formula is C20H26N2S4. The van der Waals surface area contributed by atoms with Crippen molar-refractivity contribution in [2.75, 3.05) is 5.75 Å². The van der Waals surface area contributed by atoms with E-state index in [0.717, 1.165) is 33.1 Å². The third-order valence-corrected chi connectivity index (χ3v) is 10.4. The van der Waals surface area contributed by atoms with Gasteiger partial charge in [-0.3, -0.25) is 0 Å². The van der Waals surface area contributed by atoms with Gasteiger partial charge in [-0.25, -0.2) is 9.97 Å². The van der Waals surface area contributed by atoms with E-state index < -0.39 is 0 Å². The molecule has 1 fully saturated rings. The molecule has 0 N–H and O–H groups in total. The summed E-state index contributed by atoms with van der Waals surface area (Å²) < 4.78 is 0. The van der Waals surface area contributed by atoms with Gasteiger partial charge in [0.25, 0.3) is 0 Å². The largest absolute Gasteiger partial charge is 0.249 e. The van der Waals surface area contributed by atoms with Gasteiger partial charge in [0.15, 0.2) is 0 Å². The van der Waals surface area contributed by atoms with Gasteiger partial charge in [0.2, 0.25) is 0 Å². The van der Waals surface area contributed by atoms with Crippen molar-refractivity contribution < 1.29 is 0 Å². The van der Waals surface area contributed by atoms with E-state index in [9.17, 15) is 0 Å². The second-order valence-corrected chi connectivity index (χ2v) is 11.8. The topological polar surface area (TPSA) is 25.8 Å². The van der Waals surface area contributed by atoms with Crippen molar-refractivity contribution in [3.63, 3.8) is 0 Å². The second kappa shape index (κ2) is 10.9. The molecule has 4 atom stereocenters. The average molecular weight is 423 g/mol. The number of hydrogen-bond acceptors (Lipinski definition) is 6. The van der Waals surface area contributed by atoms with Crippen LogP contribution in [0.15, 0.2) is 58.8 Å². The Balaban J connectivity index is 1.44. The van der Waals surface area contributed by atoms with Crippen molar-refractivity contribution in [2.24, 2.45) is 17.8 Å². The van der Waals surface area contributed by atoms with Gasteiger partial charge in [-0.1, -0.05) is 47.6 Å². The molecule has 26 heavy (non-hydrogen) atoms. The molecule has 0 amide bonds. The number of pyridine rings is 2. The highest BCUT2D eigenvalue weighted by Crippen LogP contribution is 2.46. The number of nitrogens with zero attached hydrogens (tertiary/aromatic N) is 2. The van der Waals surface area contributed by atoms with Crippen LogP contribution in [0.2, 0.25) is 0 Å². The summed E-state index contributed by atoms with van der Waals surface area (Å²) in [6.45, 7) is 4.85. The molecule has 6 heteroatoms. The van der Waals surface area contributed by atoms with E-state index in [1.54, 1.807) is 0 Å². The number of hydrogen-bond donors (Lipinski definition) is 0. The molecule has 3 rings (SSSR count). The fourth-order valence-electron chi connectivity index (χ4n) is 3.20. The lowest BCUT2D eigenvalue weighted by Gasteiger charge is -2.36. The Morgan fingerprint density at radius 3 is 2.35 bits per heavy atom. The van der Waals surface area contributed by atoms with Gasteiger partial charge in [0, 0.05) is 23.4 Å². The fourth-order valence-corrected chi connectivity index (χ4v) is 8.50. The van der Waals surface area contributed by atoms with Crippen molar-refractivity contribution >= 4 is 43.2 Å². The zero-order valence-corrected chi connectivity index (χ0v) is 18.6. The summed E-state index contributed by atoms with van der Waals surface area (Å²) >= 11 is 0. The van der Waals surface area contributed by atoms with Gasteiger partial charge < -0.3 is 0 Å². The Kier molecular flexibility index (Phi) is 8.56. The summed E-state index contributed by atoms with van der Waals surface area (Å²) in [6, 6.07) is 12.3. The zero-order valence-electron chi connectivity index (χ0n) is 15.3. The molecule has 1 aliphatic carbocycles. The van der Waals surface area contributed by atoms with E-state index in [1.807, 2.05) is 67.7 Å². The van der Waals surface area contributed by atoms with E-state index >= 15 is 0 Å². The maximum atomic E-state index is 4.44. The third-order valence-electron chi connectivity index (χ3n) is 4.98. The lowest BCUT2D eigenvalue weighted by molar-refractivity contribution is 0.245. The van der Waals surface area contributed by atoms with Crippen molar-refractivity contribution in [1.82, 2.24) is 9.97 Å². The predicted octanol–water partition coefficient (Wildman–Crippen LogP) is 7.10. The maximum Gasteiger partial charge on any atom is 0.106 e. The van der Waals surface area contributed by atoms with Gasteiger partial charge in [-0.15, -0.1) is 0 Å². The van der Waals surface area contributed by atoms with Gasteiger partial charge in [-0.05, 0) is 82.9 Å². The van der Waals surface area contributed by atoms with Gasteiger partial charge in [0.05, 0.1) is 0 Å². The summed E-state index contributed by atoms with van der Waals surface area (Å²) in [5.41, 5.74) is 0. The first-order valence-electron chi connectivity index (χ1n) is 9.17. The lowest BCUT2D eigenvalue weighted by Crippen LogP contribution is -2.29. The molecule has 0 aromatic carbocycles. The van der Waals surface area contributed by atoms with Crippen LogP contribution in [-0.4, -0.2) is 21.0 Å². The van der Waals surface area contributed by atoms with Crippen molar-refractivity contribution in [3.8, 4) is 0 Å². The van der Waals surface area contributed by atoms with E-state index in [-0.39, 0.29) is 0 Å². The third kappa shape index (κ3) is 6.39. The van der Waals surface area contributed by atoms with E-state index in [0.29, 0.717) is 0 Å². The molecule has 2 aromatic rings. The van der Waals surface area contributed by atoms with Crippen molar-refractivity contribution in [3.05, 3.63) is 48.8 Å². The van der Waals surface area contributed by atoms with Crippen molar-refractivity contribution in [1.29, 1.82) is 0 Å². The molecule has 0 spiro atoms. The molecule has 0 aliphatic heterocycles. The van der Waals surface area contributed by atoms with E-state index in [2.05, 4.69) is 48.1 Å². The summed E-state index contributed by atoms with van der Waals surface area (Å²) in [5.74, 6) is 3.59. The highest BCUT2D eigenvalue weighted by Gasteiger charge is 2.31. The summed E-state index contributed by atoms with van der Waals surface area (Å²) in [7, 11) is 7.64. The Morgan fingerprint density at radius 2 is 1.69 bits per heavy atom. The molecule has 140 valence electrons. The standard InChI is InChI=1S/C20H26N2S4/c1-15-9-10-17(13-18(15)24-26-20-8-4-6-12-22-20)16(2)14-23-25-19-7-3-5-11-21-19/h3-8,11-12,15-18H,9-10,13-14H2,1-2H3. The fraction of sp³-hybridized carbons (Fsp3) is 0.500. The summed E-state index contributed by atoms with van der Waals surface area (Å²) in [5, 5.41) is 2.97. The van der Waals surface area contributed by atoms with Crippen LogP contribution in [-0.2, 0) is 0 Å². The molecule has 0 radical (unpaired) electrons. The molecule has 4 unspecified atom stereocenters. The molecular weight excluding hydrogens is 397 g/mol. The van der Waals surface area contributed by atoms with Crippen LogP contribution in [0.5, 0.6) is 0 Å². The number of rotatable bonds is 8.